The second-order valence-corrected chi connectivity index (χ2v) is 3.68. The van der Waals surface area contributed by atoms with Crippen molar-refractivity contribution in [2.45, 2.75) is 20.3 Å². The van der Waals surface area contributed by atoms with Gasteiger partial charge in [0.05, 0.1) is 5.02 Å². The summed E-state index contributed by atoms with van der Waals surface area (Å²) < 4.78 is 0. The zero-order valence-electron chi connectivity index (χ0n) is 7.84. The zero-order chi connectivity index (χ0) is 9.84. The summed E-state index contributed by atoms with van der Waals surface area (Å²) in [6.07, 6.45) is 2.99. The highest BCUT2D eigenvalue weighted by atomic mass is 35.5. The number of allylic oxidation sites excluding steroid dienone is 2. The van der Waals surface area contributed by atoms with Crippen LogP contribution in [-0.2, 0) is 6.42 Å². The van der Waals surface area contributed by atoms with Crippen LogP contribution in [0.15, 0.2) is 29.8 Å². The molecule has 0 atom stereocenters. The molecule has 0 radical (unpaired) electrons. The minimum absolute atomic E-state index is 0.141. The first-order chi connectivity index (χ1) is 6.09. The van der Waals surface area contributed by atoms with E-state index < -0.39 is 0 Å². The molecule has 70 valence electrons. The molecule has 2 heteroatoms. The monoisotopic (exact) mass is 196 g/mol. The first-order valence-electron chi connectivity index (χ1n) is 4.20. The molecule has 0 bridgehead atoms. The van der Waals surface area contributed by atoms with Crippen LogP contribution in [0, 0.1) is 0 Å². The topological polar surface area (TPSA) is 20.2 Å². The largest absolute Gasteiger partial charge is 0.506 e. The van der Waals surface area contributed by atoms with E-state index in [4.69, 9.17) is 11.6 Å². The number of phenols is 1. The van der Waals surface area contributed by atoms with Crippen LogP contribution in [0.1, 0.15) is 19.4 Å². The van der Waals surface area contributed by atoms with Crippen LogP contribution in [0.2, 0.25) is 5.02 Å². The fraction of sp³-hybridized carbons (Fsp3) is 0.273. The molecule has 1 aromatic rings. The van der Waals surface area contributed by atoms with Crippen LogP contribution in [0.5, 0.6) is 5.75 Å². The second-order valence-electron chi connectivity index (χ2n) is 3.27. The standard InChI is InChI=1S/C11H13ClO/c1-8(2)3-4-9-5-6-11(13)10(12)7-9/h3,5-7,13H,4H2,1-2H3. The molecule has 0 aliphatic heterocycles. The molecule has 0 aromatic heterocycles. The predicted octanol–water partition coefficient (Wildman–Crippen LogP) is 3.55. The summed E-state index contributed by atoms with van der Waals surface area (Å²) in [5, 5.41) is 9.59. The van der Waals surface area contributed by atoms with Crippen molar-refractivity contribution in [2.75, 3.05) is 0 Å². The zero-order valence-corrected chi connectivity index (χ0v) is 8.60. The quantitative estimate of drug-likeness (QED) is 0.718. The van der Waals surface area contributed by atoms with Crippen molar-refractivity contribution in [3.8, 4) is 5.75 Å². The van der Waals surface area contributed by atoms with Gasteiger partial charge in [0.1, 0.15) is 5.75 Å². The number of hydrogen-bond acceptors (Lipinski definition) is 1. The van der Waals surface area contributed by atoms with Crippen LogP contribution >= 0.6 is 11.6 Å². The molecule has 0 aliphatic carbocycles. The minimum Gasteiger partial charge on any atom is -0.506 e. The molecule has 1 N–H and O–H groups in total. The average molecular weight is 197 g/mol. The molecule has 0 saturated heterocycles. The van der Waals surface area contributed by atoms with Gasteiger partial charge in [-0.15, -0.1) is 0 Å². The number of phenolic OH excluding ortho intramolecular Hbond substituents is 1. The Morgan fingerprint density at radius 2 is 2.15 bits per heavy atom. The van der Waals surface area contributed by atoms with Gasteiger partial charge in [-0.05, 0) is 38.0 Å². The van der Waals surface area contributed by atoms with Gasteiger partial charge in [-0.25, -0.2) is 0 Å². The van der Waals surface area contributed by atoms with Gasteiger partial charge in [-0.1, -0.05) is 29.3 Å². The molecule has 1 aromatic carbocycles. The Bertz CT molecular complexity index is 325. The van der Waals surface area contributed by atoms with Crippen molar-refractivity contribution in [3.63, 3.8) is 0 Å². The molecule has 0 amide bonds. The predicted molar refractivity (Wildman–Crippen MR) is 56.3 cm³/mol. The van der Waals surface area contributed by atoms with Gasteiger partial charge >= 0.3 is 0 Å². The smallest absolute Gasteiger partial charge is 0.134 e. The van der Waals surface area contributed by atoms with E-state index in [9.17, 15) is 5.11 Å². The molecule has 0 heterocycles. The average Bonchev–Trinajstić information content (AvgIpc) is 2.07. The minimum atomic E-state index is 0.141. The number of aromatic hydroxyl groups is 1. The molecule has 0 saturated carbocycles. The van der Waals surface area contributed by atoms with Gasteiger partial charge in [-0.3, -0.25) is 0 Å². The van der Waals surface area contributed by atoms with Gasteiger partial charge in [0.2, 0.25) is 0 Å². The second kappa shape index (κ2) is 4.33. The lowest BCUT2D eigenvalue weighted by Crippen LogP contribution is -1.81. The Labute approximate surface area is 83.7 Å². The third-order valence-corrected chi connectivity index (χ3v) is 2.06. The number of hydrogen-bond donors (Lipinski definition) is 1. The molecule has 0 fully saturated rings. The Kier molecular flexibility index (Phi) is 3.38. The van der Waals surface area contributed by atoms with Crippen LogP contribution in [0.25, 0.3) is 0 Å². The molecule has 0 aliphatic rings. The summed E-state index contributed by atoms with van der Waals surface area (Å²) in [5.74, 6) is 0.141. The fourth-order valence-electron chi connectivity index (χ4n) is 0.999. The highest BCUT2D eigenvalue weighted by molar-refractivity contribution is 6.32. The van der Waals surface area contributed by atoms with Crippen molar-refractivity contribution >= 4 is 11.6 Å². The first-order valence-corrected chi connectivity index (χ1v) is 4.58. The van der Waals surface area contributed by atoms with Crippen molar-refractivity contribution in [3.05, 3.63) is 40.4 Å². The van der Waals surface area contributed by atoms with Gasteiger partial charge in [0, 0.05) is 0 Å². The van der Waals surface area contributed by atoms with E-state index in [0.717, 1.165) is 12.0 Å². The lowest BCUT2D eigenvalue weighted by atomic mass is 10.1. The van der Waals surface area contributed by atoms with E-state index in [1.807, 2.05) is 6.07 Å². The molecular formula is C11H13ClO. The van der Waals surface area contributed by atoms with E-state index >= 15 is 0 Å². The number of rotatable bonds is 2. The fourth-order valence-corrected chi connectivity index (χ4v) is 1.20. The van der Waals surface area contributed by atoms with Crippen LogP contribution in [0.4, 0.5) is 0 Å². The maximum Gasteiger partial charge on any atom is 0.134 e. The van der Waals surface area contributed by atoms with Gasteiger partial charge < -0.3 is 5.11 Å². The lowest BCUT2D eigenvalue weighted by Gasteiger charge is -2.00. The number of halogens is 1. The molecule has 1 nitrogen and oxygen atoms in total. The SMILES string of the molecule is CC(C)=CCc1ccc(O)c(Cl)c1. The maximum absolute atomic E-state index is 9.17. The third-order valence-electron chi connectivity index (χ3n) is 1.76. The third kappa shape index (κ3) is 3.11. The summed E-state index contributed by atoms with van der Waals surface area (Å²) >= 11 is 5.76. The molecular weight excluding hydrogens is 184 g/mol. The highest BCUT2D eigenvalue weighted by Crippen LogP contribution is 2.23. The summed E-state index contributed by atoms with van der Waals surface area (Å²) in [4.78, 5) is 0. The van der Waals surface area contributed by atoms with Gasteiger partial charge in [0.25, 0.3) is 0 Å². The molecule has 0 spiro atoms. The van der Waals surface area contributed by atoms with Crippen LogP contribution in [-0.4, -0.2) is 5.11 Å². The summed E-state index contributed by atoms with van der Waals surface area (Å²) in [7, 11) is 0. The van der Waals surface area contributed by atoms with E-state index in [-0.39, 0.29) is 5.75 Å². The molecule has 13 heavy (non-hydrogen) atoms. The van der Waals surface area contributed by atoms with E-state index in [0.29, 0.717) is 5.02 Å². The highest BCUT2D eigenvalue weighted by Gasteiger charge is 1.98. The van der Waals surface area contributed by atoms with Gasteiger partial charge in [0.15, 0.2) is 0 Å². The molecule has 1 rings (SSSR count). The van der Waals surface area contributed by atoms with E-state index in [1.165, 1.54) is 5.57 Å². The van der Waals surface area contributed by atoms with Gasteiger partial charge in [-0.2, -0.15) is 0 Å². The Balaban J connectivity index is 2.80. The van der Waals surface area contributed by atoms with Crippen molar-refractivity contribution in [2.24, 2.45) is 0 Å². The first kappa shape index (κ1) is 10.1. The van der Waals surface area contributed by atoms with Crippen LogP contribution in [0.3, 0.4) is 0 Å². The summed E-state index contributed by atoms with van der Waals surface area (Å²) in [5.41, 5.74) is 2.40. The Morgan fingerprint density at radius 1 is 1.46 bits per heavy atom. The van der Waals surface area contributed by atoms with Crippen molar-refractivity contribution in [1.29, 1.82) is 0 Å². The lowest BCUT2D eigenvalue weighted by molar-refractivity contribution is 0.475. The van der Waals surface area contributed by atoms with Crippen molar-refractivity contribution in [1.82, 2.24) is 0 Å². The van der Waals surface area contributed by atoms with E-state index in [2.05, 4.69) is 19.9 Å². The molecule has 0 unspecified atom stereocenters. The van der Waals surface area contributed by atoms with Crippen molar-refractivity contribution < 1.29 is 5.11 Å². The summed E-state index contributed by atoms with van der Waals surface area (Å²) in [6.45, 7) is 4.12. The van der Waals surface area contributed by atoms with E-state index in [1.54, 1.807) is 12.1 Å². The maximum atomic E-state index is 9.17. The number of benzene rings is 1. The summed E-state index contributed by atoms with van der Waals surface area (Å²) in [6, 6.07) is 5.29. The Hall–Kier alpha value is -0.950. The van der Waals surface area contributed by atoms with Crippen LogP contribution < -0.4 is 0 Å². The Morgan fingerprint density at radius 3 is 2.69 bits per heavy atom. The normalized spacial score (nSPS) is 9.77.